The first-order valence-electron chi connectivity index (χ1n) is 8.20. The average molecular weight is 506 g/mol. The number of rotatable bonds is 7. The van der Waals surface area contributed by atoms with Gasteiger partial charge in [0, 0.05) is 25.2 Å². The number of benzene rings is 2. The van der Waals surface area contributed by atoms with Crippen LogP contribution in [0.4, 0.5) is 0 Å². The molecule has 8 heteroatoms. The fraction of sp³-hybridized carbons (Fsp3) is 0.316. The molecule has 0 unspecified atom stereocenters. The highest BCUT2D eigenvalue weighted by Crippen LogP contribution is 2.36. The van der Waals surface area contributed by atoms with E-state index in [-0.39, 0.29) is 29.7 Å². The molecule has 0 saturated carbocycles. The summed E-state index contributed by atoms with van der Waals surface area (Å²) in [6.07, 6.45) is 0.835. The van der Waals surface area contributed by atoms with Gasteiger partial charge in [-0.25, -0.2) is 0 Å². The van der Waals surface area contributed by atoms with E-state index in [1.54, 1.807) is 19.2 Å². The molecule has 2 aromatic carbocycles. The quantitative estimate of drug-likeness (QED) is 0.305. The number of aliphatic imine (C=N–C) groups is 1. The number of hydrogen-bond donors (Lipinski definition) is 3. The largest absolute Gasteiger partial charge is 0.502 e. The normalized spacial score (nSPS) is 10.7. The van der Waals surface area contributed by atoms with Gasteiger partial charge in [0.1, 0.15) is 0 Å². The van der Waals surface area contributed by atoms with Crippen LogP contribution in [-0.2, 0) is 13.0 Å². The molecular weight excluding hydrogens is 481 g/mol. The molecule has 2 rings (SSSR count). The van der Waals surface area contributed by atoms with Crippen molar-refractivity contribution in [2.75, 3.05) is 27.8 Å². The highest BCUT2D eigenvalue weighted by Gasteiger charge is 2.11. The lowest BCUT2D eigenvalue weighted by Crippen LogP contribution is -2.37. The third-order valence-corrected chi connectivity index (χ3v) is 4.05. The number of phenolic OH excluding ortho intramolecular Hbond substituents is 1. The van der Waals surface area contributed by atoms with Crippen LogP contribution in [-0.4, -0.2) is 38.9 Å². The van der Waals surface area contributed by atoms with Gasteiger partial charge in [-0.05, 0) is 41.8 Å². The number of hydrogen-bond acceptors (Lipinski definition) is 4. The molecule has 0 radical (unpaired) electrons. The fourth-order valence-corrected chi connectivity index (χ4v) is 2.69. The molecule has 0 amide bonds. The van der Waals surface area contributed by atoms with Crippen molar-refractivity contribution in [3.8, 4) is 17.2 Å². The van der Waals surface area contributed by atoms with Gasteiger partial charge in [0.05, 0.1) is 14.2 Å². The Balaban J connectivity index is 0.00000364. The molecule has 2 aromatic rings. The minimum atomic E-state index is -0.0113. The number of guanidine groups is 1. The van der Waals surface area contributed by atoms with E-state index in [9.17, 15) is 5.11 Å². The lowest BCUT2D eigenvalue weighted by molar-refractivity contribution is 0.339. The molecule has 0 saturated heterocycles. The maximum atomic E-state index is 9.96. The summed E-state index contributed by atoms with van der Waals surface area (Å²) >= 11 is 6.00. The van der Waals surface area contributed by atoms with Crippen molar-refractivity contribution >= 4 is 41.5 Å². The summed E-state index contributed by atoms with van der Waals surface area (Å²) in [6, 6.07) is 11.3. The Labute approximate surface area is 182 Å². The molecule has 0 aliphatic carbocycles. The summed E-state index contributed by atoms with van der Waals surface area (Å²) in [4.78, 5) is 4.21. The van der Waals surface area contributed by atoms with Crippen molar-refractivity contribution in [3.63, 3.8) is 0 Å². The van der Waals surface area contributed by atoms with Crippen LogP contribution in [0.15, 0.2) is 41.4 Å². The molecule has 0 bridgehead atoms. The highest BCUT2D eigenvalue weighted by atomic mass is 127. The maximum Gasteiger partial charge on any atom is 0.200 e. The summed E-state index contributed by atoms with van der Waals surface area (Å²) in [6.45, 7) is 1.23. The van der Waals surface area contributed by atoms with Gasteiger partial charge >= 0.3 is 0 Å². The summed E-state index contributed by atoms with van der Waals surface area (Å²) in [5.74, 6) is 1.40. The molecule has 0 heterocycles. The molecule has 0 aliphatic rings. The first kappa shape index (κ1) is 23.2. The predicted octanol–water partition coefficient (Wildman–Crippen LogP) is 3.59. The van der Waals surface area contributed by atoms with Gasteiger partial charge in [-0.3, -0.25) is 4.99 Å². The van der Waals surface area contributed by atoms with Crippen LogP contribution in [0, 0.1) is 0 Å². The van der Waals surface area contributed by atoms with Crippen LogP contribution in [0.2, 0.25) is 5.02 Å². The molecule has 6 nitrogen and oxygen atoms in total. The van der Waals surface area contributed by atoms with E-state index >= 15 is 0 Å². The minimum absolute atomic E-state index is 0. The number of halogens is 2. The van der Waals surface area contributed by atoms with Gasteiger partial charge < -0.3 is 25.2 Å². The SMILES string of the molecule is CN=C(NCCc1cccc(Cl)c1)NCc1cc(OC)c(O)c(OC)c1.I. The molecule has 27 heavy (non-hydrogen) atoms. The fourth-order valence-electron chi connectivity index (χ4n) is 2.47. The molecule has 0 atom stereocenters. The Hall–Kier alpha value is -1.87. The second kappa shape index (κ2) is 11.8. The van der Waals surface area contributed by atoms with E-state index in [1.165, 1.54) is 14.2 Å². The van der Waals surface area contributed by atoms with Gasteiger partial charge in [-0.1, -0.05) is 23.7 Å². The van der Waals surface area contributed by atoms with Crippen LogP contribution in [0.25, 0.3) is 0 Å². The molecule has 0 aliphatic heterocycles. The third-order valence-electron chi connectivity index (χ3n) is 3.82. The van der Waals surface area contributed by atoms with Crippen molar-refractivity contribution in [1.29, 1.82) is 0 Å². The van der Waals surface area contributed by atoms with Crippen molar-refractivity contribution < 1.29 is 14.6 Å². The van der Waals surface area contributed by atoms with Gasteiger partial charge in [-0.2, -0.15) is 0 Å². The zero-order chi connectivity index (χ0) is 18.9. The number of methoxy groups -OCH3 is 2. The average Bonchev–Trinajstić information content (AvgIpc) is 2.65. The molecule has 0 spiro atoms. The van der Waals surface area contributed by atoms with Crippen LogP contribution in [0.3, 0.4) is 0 Å². The van der Waals surface area contributed by atoms with E-state index < -0.39 is 0 Å². The molecule has 0 aromatic heterocycles. The smallest absolute Gasteiger partial charge is 0.200 e. The van der Waals surface area contributed by atoms with Gasteiger partial charge in [0.2, 0.25) is 5.75 Å². The summed E-state index contributed by atoms with van der Waals surface area (Å²) in [7, 11) is 4.72. The minimum Gasteiger partial charge on any atom is -0.502 e. The predicted molar refractivity (Wildman–Crippen MR) is 120 cm³/mol. The van der Waals surface area contributed by atoms with E-state index in [1.807, 2.05) is 24.3 Å². The highest BCUT2D eigenvalue weighted by molar-refractivity contribution is 14.0. The van der Waals surface area contributed by atoms with Crippen molar-refractivity contribution in [1.82, 2.24) is 10.6 Å². The zero-order valence-electron chi connectivity index (χ0n) is 15.6. The maximum absolute atomic E-state index is 9.96. The lowest BCUT2D eigenvalue weighted by atomic mass is 10.1. The van der Waals surface area contributed by atoms with Crippen molar-refractivity contribution in [2.45, 2.75) is 13.0 Å². The summed E-state index contributed by atoms with van der Waals surface area (Å²) in [5.41, 5.74) is 2.06. The summed E-state index contributed by atoms with van der Waals surface area (Å²) < 4.78 is 10.3. The van der Waals surface area contributed by atoms with Crippen LogP contribution < -0.4 is 20.1 Å². The van der Waals surface area contributed by atoms with Gasteiger partial charge in [0.15, 0.2) is 17.5 Å². The number of nitrogens with zero attached hydrogens (tertiary/aromatic N) is 1. The number of ether oxygens (including phenoxy) is 2. The molecule has 148 valence electrons. The second-order valence-corrected chi connectivity index (χ2v) is 6.02. The Bertz CT molecular complexity index is 747. The van der Waals surface area contributed by atoms with Crippen molar-refractivity contribution in [2.24, 2.45) is 4.99 Å². The van der Waals surface area contributed by atoms with Gasteiger partial charge in [0.25, 0.3) is 0 Å². The molecule has 3 N–H and O–H groups in total. The Kier molecular flexibility index (Phi) is 10.1. The van der Waals surface area contributed by atoms with E-state index in [4.69, 9.17) is 21.1 Å². The van der Waals surface area contributed by atoms with Crippen LogP contribution in [0.5, 0.6) is 17.2 Å². The second-order valence-electron chi connectivity index (χ2n) is 5.58. The van der Waals surface area contributed by atoms with Crippen molar-refractivity contribution in [3.05, 3.63) is 52.5 Å². The third kappa shape index (κ3) is 6.99. The zero-order valence-corrected chi connectivity index (χ0v) is 18.7. The Morgan fingerprint density at radius 3 is 2.30 bits per heavy atom. The summed E-state index contributed by atoms with van der Waals surface area (Å²) in [5, 5.41) is 17.2. The topological polar surface area (TPSA) is 75.1 Å². The van der Waals surface area contributed by atoms with Crippen LogP contribution >= 0.6 is 35.6 Å². The first-order valence-corrected chi connectivity index (χ1v) is 8.58. The Morgan fingerprint density at radius 2 is 1.74 bits per heavy atom. The number of phenols is 1. The molecule has 0 fully saturated rings. The standard InChI is InChI=1S/C19H24ClN3O3.HI/c1-21-19(22-8-7-13-5-4-6-15(20)9-13)23-12-14-10-16(25-2)18(24)17(11-14)26-3;/h4-6,9-11,24H,7-8,12H2,1-3H3,(H2,21,22,23);1H. The first-order chi connectivity index (χ1) is 12.6. The van der Waals surface area contributed by atoms with Crippen LogP contribution in [0.1, 0.15) is 11.1 Å². The number of nitrogens with one attached hydrogen (secondary N) is 2. The van der Waals surface area contributed by atoms with Gasteiger partial charge in [-0.15, -0.1) is 24.0 Å². The van der Waals surface area contributed by atoms with E-state index in [0.717, 1.165) is 29.1 Å². The lowest BCUT2D eigenvalue weighted by Gasteiger charge is -2.14. The van der Waals surface area contributed by atoms with E-state index in [2.05, 4.69) is 15.6 Å². The number of aromatic hydroxyl groups is 1. The molecular formula is C19H25ClIN3O3. The van der Waals surface area contributed by atoms with E-state index in [0.29, 0.717) is 24.0 Å². The monoisotopic (exact) mass is 505 g/mol. The Morgan fingerprint density at radius 1 is 1.07 bits per heavy atom.